The van der Waals surface area contributed by atoms with Crippen LogP contribution in [-0.4, -0.2) is 10.1 Å². The summed E-state index contributed by atoms with van der Waals surface area (Å²) in [6.07, 6.45) is 1.74. The minimum atomic E-state index is 0.313. The molecule has 5 heteroatoms. The maximum Gasteiger partial charge on any atom is 0.140 e. The molecule has 0 aliphatic carbocycles. The summed E-state index contributed by atoms with van der Waals surface area (Å²) in [5.41, 5.74) is 3.69. The van der Waals surface area contributed by atoms with Gasteiger partial charge in [0, 0.05) is 22.2 Å². The zero-order valence-corrected chi connectivity index (χ0v) is 12.1. The van der Waals surface area contributed by atoms with Gasteiger partial charge >= 0.3 is 0 Å². The number of anilines is 1. The molecule has 3 rings (SSSR count). The summed E-state index contributed by atoms with van der Waals surface area (Å²) in [5.74, 6) is 7.15. The van der Waals surface area contributed by atoms with Gasteiger partial charge in [-0.3, -0.25) is 0 Å². The van der Waals surface area contributed by atoms with Crippen molar-refractivity contribution in [1.29, 1.82) is 0 Å². The van der Waals surface area contributed by atoms with Crippen molar-refractivity contribution in [3.05, 3.63) is 60.3 Å². The minimum Gasteiger partial charge on any atom is -0.507 e. The Morgan fingerprint density at radius 3 is 2.71 bits per heavy atom. The second-order valence-corrected chi connectivity index (χ2v) is 5.63. The number of hydrogen-bond donors (Lipinski definition) is 3. The standard InChI is InChI=1S/C16H15N3OS/c17-19-16-9-11(7-8-18-16)10-21-15-6-5-14(20)12-3-1-2-4-13(12)15/h1-9,20H,10,17H2,(H,18,19). The summed E-state index contributed by atoms with van der Waals surface area (Å²) >= 11 is 1.72. The first-order valence-electron chi connectivity index (χ1n) is 6.53. The van der Waals surface area contributed by atoms with Crippen molar-refractivity contribution < 1.29 is 5.11 Å². The number of nitrogen functional groups attached to an aromatic ring is 1. The monoisotopic (exact) mass is 297 g/mol. The molecular formula is C16H15N3OS. The second-order valence-electron chi connectivity index (χ2n) is 4.61. The van der Waals surface area contributed by atoms with Crippen LogP contribution >= 0.6 is 11.8 Å². The third-order valence-electron chi connectivity index (χ3n) is 3.23. The second kappa shape index (κ2) is 6.03. The number of phenolic OH excluding ortho intramolecular Hbond substituents is 1. The average molecular weight is 297 g/mol. The van der Waals surface area contributed by atoms with E-state index in [2.05, 4.69) is 10.4 Å². The number of fused-ring (bicyclic) bond motifs is 1. The van der Waals surface area contributed by atoms with Gasteiger partial charge in [0.05, 0.1) is 0 Å². The van der Waals surface area contributed by atoms with Crippen molar-refractivity contribution in [3.63, 3.8) is 0 Å². The highest BCUT2D eigenvalue weighted by Crippen LogP contribution is 2.34. The van der Waals surface area contributed by atoms with Crippen LogP contribution in [0.15, 0.2) is 59.6 Å². The molecule has 3 aromatic rings. The van der Waals surface area contributed by atoms with Gasteiger partial charge < -0.3 is 10.5 Å². The van der Waals surface area contributed by atoms with Gasteiger partial charge in [0.2, 0.25) is 0 Å². The molecule has 4 nitrogen and oxygen atoms in total. The molecule has 21 heavy (non-hydrogen) atoms. The number of nitrogens with two attached hydrogens (primary N) is 1. The highest BCUT2D eigenvalue weighted by atomic mass is 32.2. The number of phenols is 1. The summed E-state index contributed by atoms with van der Waals surface area (Å²) in [7, 11) is 0. The minimum absolute atomic E-state index is 0.313. The van der Waals surface area contributed by atoms with Crippen LogP contribution in [0, 0.1) is 0 Å². The lowest BCUT2D eigenvalue weighted by Crippen LogP contribution is -2.08. The Morgan fingerprint density at radius 1 is 1.10 bits per heavy atom. The average Bonchev–Trinajstić information content (AvgIpc) is 2.55. The summed E-state index contributed by atoms with van der Waals surface area (Å²) in [6, 6.07) is 15.4. The summed E-state index contributed by atoms with van der Waals surface area (Å²) < 4.78 is 0. The van der Waals surface area contributed by atoms with Gasteiger partial charge in [-0.15, -0.1) is 11.8 Å². The lowest BCUT2D eigenvalue weighted by atomic mass is 10.1. The smallest absolute Gasteiger partial charge is 0.140 e. The van der Waals surface area contributed by atoms with Crippen LogP contribution in [0.3, 0.4) is 0 Å². The molecule has 1 heterocycles. The van der Waals surface area contributed by atoms with Gasteiger partial charge in [-0.25, -0.2) is 10.8 Å². The van der Waals surface area contributed by atoms with Crippen molar-refractivity contribution in [2.24, 2.45) is 5.84 Å². The third-order valence-corrected chi connectivity index (χ3v) is 4.37. The number of hydrogen-bond acceptors (Lipinski definition) is 5. The number of benzene rings is 2. The van der Waals surface area contributed by atoms with Crippen LogP contribution in [0.25, 0.3) is 10.8 Å². The van der Waals surface area contributed by atoms with E-state index in [1.54, 1.807) is 24.0 Å². The van der Waals surface area contributed by atoms with E-state index in [1.165, 1.54) is 0 Å². The molecule has 0 aliphatic rings. The zero-order valence-electron chi connectivity index (χ0n) is 11.3. The summed E-state index contributed by atoms with van der Waals surface area (Å²) in [5, 5.41) is 11.8. The fourth-order valence-corrected chi connectivity index (χ4v) is 3.18. The lowest BCUT2D eigenvalue weighted by molar-refractivity contribution is 0.481. The van der Waals surface area contributed by atoms with E-state index < -0.39 is 0 Å². The largest absolute Gasteiger partial charge is 0.507 e. The first-order chi connectivity index (χ1) is 10.3. The van der Waals surface area contributed by atoms with Crippen LogP contribution in [0.4, 0.5) is 5.82 Å². The maximum absolute atomic E-state index is 9.91. The van der Waals surface area contributed by atoms with Crippen LogP contribution < -0.4 is 11.3 Å². The van der Waals surface area contributed by atoms with Crippen LogP contribution in [0.1, 0.15) is 5.56 Å². The molecule has 106 valence electrons. The number of nitrogens with one attached hydrogen (secondary N) is 1. The van der Waals surface area contributed by atoms with Gasteiger partial charge in [0.1, 0.15) is 11.6 Å². The van der Waals surface area contributed by atoms with Gasteiger partial charge in [0.15, 0.2) is 0 Å². The SMILES string of the molecule is NNc1cc(CSc2ccc(O)c3ccccc23)ccn1. The Bertz CT molecular complexity index is 776. The fraction of sp³-hybridized carbons (Fsp3) is 0.0625. The normalized spacial score (nSPS) is 10.7. The topological polar surface area (TPSA) is 71.2 Å². The van der Waals surface area contributed by atoms with E-state index in [0.29, 0.717) is 11.6 Å². The Kier molecular flexibility index (Phi) is 3.94. The number of aromatic nitrogens is 1. The van der Waals surface area contributed by atoms with Gasteiger partial charge in [-0.05, 0) is 35.2 Å². The van der Waals surface area contributed by atoms with Crippen LogP contribution in [0.2, 0.25) is 0 Å². The van der Waals surface area contributed by atoms with Crippen molar-refractivity contribution in [2.75, 3.05) is 5.43 Å². The Morgan fingerprint density at radius 2 is 1.90 bits per heavy atom. The number of rotatable bonds is 4. The highest BCUT2D eigenvalue weighted by Gasteiger charge is 2.06. The van der Waals surface area contributed by atoms with E-state index in [0.717, 1.165) is 27.0 Å². The molecule has 0 spiro atoms. The molecule has 0 unspecified atom stereocenters. The van der Waals surface area contributed by atoms with Crippen molar-refractivity contribution in [3.8, 4) is 5.75 Å². The molecule has 2 aromatic carbocycles. The van der Waals surface area contributed by atoms with Gasteiger partial charge in [0.25, 0.3) is 0 Å². The highest BCUT2D eigenvalue weighted by molar-refractivity contribution is 7.98. The number of nitrogens with zero attached hydrogens (tertiary/aromatic N) is 1. The van der Waals surface area contributed by atoms with Gasteiger partial charge in [-0.2, -0.15) is 0 Å². The van der Waals surface area contributed by atoms with Crippen LogP contribution in [0.5, 0.6) is 5.75 Å². The van der Waals surface area contributed by atoms with Crippen molar-refractivity contribution in [2.45, 2.75) is 10.6 Å². The number of aromatic hydroxyl groups is 1. The molecule has 1 aromatic heterocycles. The van der Waals surface area contributed by atoms with Gasteiger partial charge in [-0.1, -0.05) is 24.3 Å². The molecule has 0 fully saturated rings. The Hall–Kier alpha value is -2.24. The predicted molar refractivity (Wildman–Crippen MR) is 87.2 cm³/mol. The van der Waals surface area contributed by atoms with Crippen molar-refractivity contribution in [1.82, 2.24) is 4.98 Å². The van der Waals surface area contributed by atoms with Crippen molar-refractivity contribution >= 4 is 28.4 Å². The lowest BCUT2D eigenvalue weighted by Gasteiger charge is -2.08. The molecule has 0 saturated heterocycles. The molecule has 0 aliphatic heterocycles. The zero-order chi connectivity index (χ0) is 14.7. The van der Waals surface area contributed by atoms with Crippen LogP contribution in [-0.2, 0) is 5.75 Å². The predicted octanol–water partition coefficient (Wildman–Crippen LogP) is 3.52. The quantitative estimate of drug-likeness (QED) is 0.390. The molecule has 0 bridgehead atoms. The number of thioether (sulfide) groups is 1. The van der Waals surface area contributed by atoms with E-state index in [4.69, 9.17) is 5.84 Å². The maximum atomic E-state index is 9.91. The molecular weight excluding hydrogens is 282 g/mol. The molecule has 0 radical (unpaired) electrons. The number of hydrazine groups is 1. The first kappa shape index (κ1) is 13.7. The Labute approximate surface area is 127 Å². The summed E-state index contributed by atoms with van der Waals surface area (Å²) in [6.45, 7) is 0. The number of pyridine rings is 1. The fourth-order valence-electron chi connectivity index (χ4n) is 2.19. The Balaban J connectivity index is 1.87. The van der Waals surface area contributed by atoms with E-state index >= 15 is 0 Å². The third kappa shape index (κ3) is 2.94. The molecule has 0 saturated carbocycles. The first-order valence-corrected chi connectivity index (χ1v) is 7.51. The van der Waals surface area contributed by atoms with E-state index in [9.17, 15) is 5.11 Å². The van der Waals surface area contributed by atoms with E-state index in [1.807, 2.05) is 42.5 Å². The molecule has 0 atom stereocenters. The summed E-state index contributed by atoms with van der Waals surface area (Å²) in [4.78, 5) is 5.24. The molecule has 4 N–H and O–H groups in total. The molecule has 0 amide bonds. The van der Waals surface area contributed by atoms with E-state index in [-0.39, 0.29) is 0 Å².